The standard InChI is InChI=1S/C13H11ClN2O4S/c14-21(18,19)12-6-7-15-8-11(12)16-13(17)20-9-10-4-2-1-3-5-10/h1-8H,9H2,(H,16,17). The zero-order valence-electron chi connectivity index (χ0n) is 10.7. The minimum Gasteiger partial charge on any atom is -0.444 e. The maximum absolute atomic E-state index is 11.7. The van der Waals surface area contributed by atoms with E-state index in [4.69, 9.17) is 15.4 Å². The number of aromatic nitrogens is 1. The summed E-state index contributed by atoms with van der Waals surface area (Å²) in [5, 5.41) is 2.30. The van der Waals surface area contributed by atoms with Crippen LogP contribution in [0.5, 0.6) is 0 Å². The SMILES string of the molecule is O=C(Nc1cnccc1S(=O)(=O)Cl)OCc1ccccc1. The lowest BCUT2D eigenvalue weighted by molar-refractivity contribution is 0.155. The van der Waals surface area contributed by atoms with Crippen LogP contribution in [0.2, 0.25) is 0 Å². The molecule has 0 saturated heterocycles. The quantitative estimate of drug-likeness (QED) is 0.873. The predicted molar refractivity (Wildman–Crippen MR) is 77.5 cm³/mol. The smallest absolute Gasteiger partial charge is 0.412 e. The number of carbonyl (C=O) groups is 1. The number of nitrogens with one attached hydrogen (secondary N) is 1. The fraction of sp³-hybridized carbons (Fsp3) is 0.0769. The van der Waals surface area contributed by atoms with Crippen LogP contribution >= 0.6 is 10.7 Å². The number of amides is 1. The molecular weight excluding hydrogens is 316 g/mol. The van der Waals surface area contributed by atoms with Gasteiger partial charge in [-0.05, 0) is 11.6 Å². The highest BCUT2D eigenvalue weighted by Gasteiger charge is 2.17. The lowest BCUT2D eigenvalue weighted by Gasteiger charge is -2.09. The van der Waals surface area contributed by atoms with Crippen LogP contribution in [0.25, 0.3) is 0 Å². The monoisotopic (exact) mass is 326 g/mol. The molecule has 0 radical (unpaired) electrons. The zero-order valence-corrected chi connectivity index (χ0v) is 12.3. The number of nitrogens with zero attached hydrogens (tertiary/aromatic N) is 1. The van der Waals surface area contributed by atoms with Gasteiger partial charge in [0.1, 0.15) is 11.5 Å². The summed E-state index contributed by atoms with van der Waals surface area (Å²) in [6.45, 7) is 0.0654. The summed E-state index contributed by atoms with van der Waals surface area (Å²) in [4.78, 5) is 15.2. The van der Waals surface area contributed by atoms with E-state index >= 15 is 0 Å². The molecule has 0 bridgehead atoms. The summed E-state index contributed by atoms with van der Waals surface area (Å²) in [7, 11) is 1.29. The van der Waals surface area contributed by atoms with Crippen LogP contribution in [-0.2, 0) is 20.4 Å². The van der Waals surface area contributed by atoms with Gasteiger partial charge in [-0.2, -0.15) is 0 Å². The third-order valence-corrected chi connectivity index (χ3v) is 3.87. The van der Waals surface area contributed by atoms with Crippen molar-refractivity contribution in [2.75, 3.05) is 5.32 Å². The first kappa shape index (κ1) is 15.3. The average Bonchev–Trinajstić information content (AvgIpc) is 2.46. The van der Waals surface area contributed by atoms with Crippen molar-refractivity contribution in [1.82, 2.24) is 4.98 Å². The number of benzene rings is 1. The second kappa shape index (κ2) is 6.55. The van der Waals surface area contributed by atoms with Crippen molar-refractivity contribution in [3.63, 3.8) is 0 Å². The van der Waals surface area contributed by atoms with Gasteiger partial charge in [0.25, 0.3) is 9.05 Å². The van der Waals surface area contributed by atoms with Crippen LogP contribution in [0.3, 0.4) is 0 Å². The molecule has 0 aliphatic heterocycles. The lowest BCUT2D eigenvalue weighted by atomic mass is 10.2. The second-order valence-corrected chi connectivity index (χ2v) is 6.53. The van der Waals surface area contributed by atoms with Gasteiger partial charge in [0.2, 0.25) is 0 Å². The summed E-state index contributed by atoms with van der Waals surface area (Å²) in [6.07, 6.45) is 1.64. The van der Waals surface area contributed by atoms with Crippen molar-refractivity contribution in [3.05, 3.63) is 54.4 Å². The number of anilines is 1. The number of pyridine rings is 1. The molecule has 0 saturated carbocycles. The lowest BCUT2D eigenvalue weighted by Crippen LogP contribution is -2.15. The summed E-state index contributed by atoms with van der Waals surface area (Å²) in [6, 6.07) is 10.3. The molecule has 2 rings (SSSR count). The fourth-order valence-electron chi connectivity index (χ4n) is 1.56. The molecule has 0 aliphatic carbocycles. The van der Waals surface area contributed by atoms with Crippen molar-refractivity contribution >= 4 is 31.5 Å². The van der Waals surface area contributed by atoms with E-state index in [2.05, 4.69) is 10.3 Å². The summed E-state index contributed by atoms with van der Waals surface area (Å²) >= 11 is 0. The van der Waals surface area contributed by atoms with E-state index in [0.29, 0.717) is 0 Å². The Morgan fingerprint density at radius 3 is 2.62 bits per heavy atom. The van der Waals surface area contributed by atoms with Gasteiger partial charge in [-0.25, -0.2) is 13.2 Å². The van der Waals surface area contributed by atoms with E-state index in [9.17, 15) is 13.2 Å². The molecular formula is C13H11ClN2O4S. The average molecular weight is 327 g/mol. The molecule has 0 atom stereocenters. The maximum atomic E-state index is 11.7. The molecule has 1 N–H and O–H groups in total. The van der Waals surface area contributed by atoms with Crippen LogP contribution in [0, 0.1) is 0 Å². The molecule has 1 aromatic carbocycles. The Bertz CT molecular complexity index is 735. The van der Waals surface area contributed by atoms with Gasteiger partial charge in [-0.15, -0.1) is 0 Å². The minimum absolute atomic E-state index is 0.0365. The van der Waals surface area contributed by atoms with Crippen LogP contribution in [0.15, 0.2) is 53.7 Å². The first-order chi connectivity index (χ1) is 9.97. The summed E-state index contributed by atoms with van der Waals surface area (Å²) in [5.74, 6) is 0. The number of carbonyl (C=O) groups excluding carboxylic acids is 1. The Morgan fingerprint density at radius 2 is 1.95 bits per heavy atom. The van der Waals surface area contributed by atoms with Gasteiger partial charge in [0.05, 0.1) is 11.9 Å². The van der Waals surface area contributed by atoms with E-state index in [0.717, 1.165) is 5.56 Å². The van der Waals surface area contributed by atoms with E-state index in [1.165, 1.54) is 18.5 Å². The number of hydrogen-bond acceptors (Lipinski definition) is 5. The topological polar surface area (TPSA) is 85.4 Å². The van der Waals surface area contributed by atoms with Crippen molar-refractivity contribution in [2.24, 2.45) is 0 Å². The van der Waals surface area contributed by atoms with Crippen molar-refractivity contribution in [3.8, 4) is 0 Å². The molecule has 0 fully saturated rings. The van der Waals surface area contributed by atoms with Crippen LogP contribution in [0.1, 0.15) is 5.56 Å². The molecule has 8 heteroatoms. The molecule has 6 nitrogen and oxygen atoms in total. The first-order valence-corrected chi connectivity index (χ1v) is 8.14. The van der Waals surface area contributed by atoms with Crippen LogP contribution < -0.4 is 5.32 Å². The molecule has 0 spiro atoms. The molecule has 1 heterocycles. The fourth-order valence-corrected chi connectivity index (χ4v) is 2.55. The van der Waals surface area contributed by atoms with E-state index in [1.54, 1.807) is 12.1 Å². The van der Waals surface area contributed by atoms with E-state index in [-0.39, 0.29) is 17.2 Å². The van der Waals surface area contributed by atoms with Gasteiger partial charge >= 0.3 is 6.09 Å². The molecule has 110 valence electrons. The van der Waals surface area contributed by atoms with Gasteiger partial charge in [0, 0.05) is 16.9 Å². The normalized spacial score (nSPS) is 10.9. The number of halogens is 1. The van der Waals surface area contributed by atoms with Crippen molar-refractivity contribution in [2.45, 2.75) is 11.5 Å². The Hall–Kier alpha value is -2.12. The Morgan fingerprint density at radius 1 is 1.24 bits per heavy atom. The molecule has 2 aromatic rings. The maximum Gasteiger partial charge on any atom is 0.412 e. The second-order valence-electron chi connectivity index (χ2n) is 4.00. The number of ether oxygens (including phenoxy) is 1. The molecule has 1 aromatic heterocycles. The van der Waals surface area contributed by atoms with E-state index in [1.807, 2.05) is 18.2 Å². The molecule has 0 unspecified atom stereocenters. The highest BCUT2D eigenvalue weighted by molar-refractivity contribution is 8.13. The summed E-state index contributed by atoms with van der Waals surface area (Å²) in [5.41, 5.74) is 0.773. The van der Waals surface area contributed by atoms with Gasteiger partial charge in [-0.1, -0.05) is 30.3 Å². The van der Waals surface area contributed by atoms with Gasteiger partial charge < -0.3 is 4.74 Å². The molecule has 0 aliphatic rings. The molecule has 21 heavy (non-hydrogen) atoms. The molecule has 1 amide bonds. The number of rotatable bonds is 4. The third-order valence-electron chi connectivity index (χ3n) is 2.49. The van der Waals surface area contributed by atoms with Crippen molar-refractivity contribution in [1.29, 1.82) is 0 Å². The Balaban J connectivity index is 2.04. The minimum atomic E-state index is -3.98. The van der Waals surface area contributed by atoms with Crippen LogP contribution in [0.4, 0.5) is 10.5 Å². The predicted octanol–water partition coefficient (Wildman–Crippen LogP) is 2.76. The van der Waals surface area contributed by atoms with E-state index < -0.39 is 15.1 Å². The zero-order chi connectivity index (χ0) is 15.3. The highest BCUT2D eigenvalue weighted by atomic mass is 35.7. The third kappa shape index (κ3) is 4.44. The van der Waals surface area contributed by atoms with Crippen LogP contribution in [-0.4, -0.2) is 19.5 Å². The largest absolute Gasteiger partial charge is 0.444 e. The van der Waals surface area contributed by atoms with Gasteiger partial charge in [-0.3, -0.25) is 10.3 Å². The van der Waals surface area contributed by atoms with Gasteiger partial charge in [0.15, 0.2) is 0 Å². The Labute approximate surface area is 126 Å². The number of hydrogen-bond donors (Lipinski definition) is 1. The summed E-state index contributed by atoms with van der Waals surface area (Å²) < 4.78 is 27.7. The van der Waals surface area contributed by atoms with Crippen molar-refractivity contribution < 1.29 is 17.9 Å². The first-order valence-electron chi connectivity index (χ1n) is 5.83. The highest BCUT2D eigenvalue weighted by Crippen LogP contribution is 2.23. The Kier molecular flexibility index (Phi) is 4.77.